The Kier molecular flexibility index (Phi) is 7.83. The van der Waals surface area contributed by atoms with Crippen LogP contribution in [0.4, 0.5) is 0 Å². The van der Waals surface area contributed by atoms with E-state index in [2.05, 4.69) is 135 Å². The highest BCUT2D eigenvalue weighted by atomic mass is 16.5. The van der Waals surface area contributed by atoms with Crippen molar-refractivity contribution in [3.05, 3.63) is 45.0 Å². The van der Waals surface area contributed by atoms with Gasteiger partial charge in [-0.2, -0.15) is 0 Å². The van der Waals surface area contributed by atoms with E-state index in [9.17, 15) is 0 Å². The van der Waals surface area contributed by atoms with Crippen LogP contribution in [-0.2, 0) is 37.2 Å². The van der Waals surface area contributed by atoms with Crippen LogP contribution in [0.25, 0.3) is 0 Å². The van der Waals surface area contributed by atoms with Crippen LogP contribution in [0.1, 0.15) is 181 Å². The van der Waals surface area contributed by atoms with Crippen LogP contribution < -0.4 is 0 Å². The van der Waals surface area contributed by atoms with E-state index in [1.165, 1.54) is 45.0 Å². The zero-order chi connectivity index (χ0) is 30.3. The standard InChI is InChI=1S/C36H62N2O/c1-31(2,3)25-23(27(33(7,8)9)37-29(25)35(13,14)15)21-19-39-20-22(21)24-26(32(4,5)6)30(36(16,17)18)38-28(24)34(10,11)12/h21-22,37-38H,19-20H2,1-18H3. The largest absolute Gasteiger partial charge is 0.380 e. The Hall–Kier alpha value is -1.48. The highest BCUT2D eigenvalue weighted by Crippen LogP contribution is 2.53. The first-order valence-corrected chi connectivity index (χ1v) is 15.3. The Morgan fingerprint density at radius 1 is 0.410 bits per heavy atom. The van der Waals surface area contributed by atoms with Gasteiger partial charge in [0.1, 0.15) is 0 Å². The van der Waals surface area contributed by atoms with Crippen LogP contribution in [0.3, 0.4) is 0 Å². The summed E-state index contributed by atoms with van der Waals surface area (Å²) in [6, 6.07) is 0. The Morgan fingerprint density at radius 3 is 0.872 bits per heavy atom. The van der Waals surface area contributed by atoms with Crippen molar-refractivity contribution < 1.29 is 4.74 Å². The molecule has 0 saturated carbocycles. The Bertz CT molecular complexity index is 1080. The lowest BCUT2D eigenvalue weighted by Gasteiger charge is -2.34. The molecular weight excluding hydrogens is 476 g/mol. The summed E-state index contributed by atoms with van der Waals surface area (Å²) in [6.07, 6.45) is 0. The maximum atomic E-state index is 6.51. The minimum Gasteiger partial charge on any atom is -0.380 e. The number of ether oxygens (including phenoxy) is 1. The summed E-state index contributed by atoms with van der Waals surface area (Å²) >= 11 is 0. The summed E-state index contributed by atoms with van der Waals surface area (Å²) in [5.74, 6) is 0.596. The van der Waals surface area contributed by atoms with Gasteiger partial charge in [-0.3, -0.25) is 0 Å². The molecule has 39 heavy (non-hydrogen) atoms. The first-order chi connectivity index (χ1) is 17.2. The molecule has 2 aromatic heterocycles. The van der Waals surface area contributed by atoms with Gasteiger partial charge in [-0.25, -0.2) is 0 Å². The third kappa shape index (κ3) is 6.09. The van der Waals surface area contributed by atoms with Crippen molar-refractivity contribution in [1.29, 1.82) is 0 Å². The molecule has 0 amide bonds. The number of H-pyrrole nitrogens is 2. The lowest BCUT2D eigenvalue weighted by atomic mass is 9.68. The van der Waals surface area contributed by atoms with Crippen LogP contribution in [0.15, 0.2) is 0 Å². The summed E-state index contributed by atoms with van der Waals surface area (Å²) in [5.41, 5.74) is 11.7. The van der Waals surface area contributed by atoms with Crippen LogP contribution >= 0.6 is 0 Å². The molecule has 222 valence electrons. The quantitative estimate of drug-likeness (QED) is 0.392. The molecule has 1 fully saturated rings. The summed E-state index contributed by atoms with van der Waals surface area (Å²) in [7, 11) is 0. The van der Waals surface area contributed by atoms with E-state index in [0.29, 0.717) is 11.8 Å². The van der Waals surface area contributed by atoms with E-state index < -0.39 is 0 Å². The normalized spacial score (nSPS) is 20.3. The predicted molar refractivity (Wildman–Crippen MR) is 170 cm³/mol. The summed E-state index contributed by atoms with van der Waals surface area (Å²) in [6.45, 7) is 44.2. The second-order valence-electron chi connectivity index (χ2n) is 18.6. The summed E-state index contributed by atoms with van der Waals surface area (Å²) in [5, 5.41) is 0. The van der Waals surface area contributed by atoms with Crippen LogP contribution in [-0.4, -0.2) is 23.2 Å². The monoisotopic (exact) mass is 538 g/mol. The molecule has 0 spiro atoms. The van der Waals surface area contributed by atoms with Crippen molar-refractivity contribution in [3.63, 3.8) is 0 Å². The van der Waals surface area contributed by atoms with E-state index in [0.717, 1.165) is 13.2 Å². The fourth-order valence-corrected chi connectivity index (χ4v) is 6.76. The first-order valence-electron chi connectivity index (χ1n) is 15.3. The zero-order valence-corrected chi connectivity index (χ0v) is 29.0. The smallest absolute Gasteiger partial charge is 0.0542 e. The molecule has 2 N–H and O–H groups in total. The van der Waals surface area contributed by atoms with Gasteiger partial charge in [0, 0.05) is 56.3 Å². The van der Waals surface area contributed by atoms with Gasteiger partial charge in [-0.15, -0.1) is 0 Å². The number of hydrogen-bond acceptors (Lipinski definition) is 1. The van der Waals surface area contributed by atoms with Gasteiger partial charge in [0.15, 0.2) is 0 Å². The lowest BCUT2D eigenvalue weighted by molar-refractivity contribution is 0.190. The second-order valence-corrected chi connectivity index (χ2v) is 18.6. The van der Waals surface area contributed by atoms with Gasteiger partial charge in [0.05, 0.1) is 13.2 Å². The zero-order valence-electron chi connectivity index (χ0n) is 29.0. The van der Waals surface area contributed by atoms with Crippen LogP contribution in [0, 0.1) is 0 Å². The molecular formula is C36H62N2O. The van der Waals surface area contributed by atoms with E-state index in [1.807, 2.05) is 0 Å². The Balaban J connectivity index is 2.48. The highest BCUT2D eigenvalue weighted by molar-refractivity contribution is 5.54. The topological polar surface area (TPSA) is 40.8 Å². The van der Waals surface area contributed by atoms with Crippen molar-refractivity contribution in [2.45, 2.75) is 169 Å². The molecule has 0 aliphatic carbocycles. The molecule has 0 bridgehead atoms. The fraction of sp³-hybridized carbons (Fsp3) is 0.778. The Morgan fingerprint density at radius 2 is 0.667 bits per heavy atom. The maximum Gasteiger partial charge on any atom is 0.0542 e. The van der Waals surface area contributed by atoms with Gasteiger partial charge in [-0.05, 0) is 33.1 Å². The predicted octanol–water partition coefficient (Wildman–Crippen LogP) is 10.0. The average molecular weight is 539 g/mol. The number of hydrogen-bond donors (Lipinski definition) is 2. The van der Waals surface area contributed by atoms with Gasteiger partial charge in [-0.1, -0.05) is 125 Å². The molecule has 2 aromatic rings. The molecule has 2 atom stereocenters. The highest BCUT2D eigenvalue weighted by Gasteiger charge is 2.46. The molecule has 3 heteroatoms. The maximum absolute atomic E-state index is 6.51. The second kappa shape index (κ2) is 9.53. The SMILES string of the molecule is CC(C)(C)c1[nH]c(C(C)(C)C)c(C(C)(C)C)c1C1COCC1c1c(C(C)(C)C)[nH]c(C(C)(C)C)c1C(C)(C)C. The number of rotatable bonds is 2. The van der Waals surface area contributed by atoms with Crippen molar-refractivity contribution in [2.24, 2.45) is 0 Å². The molecule has 1 aliphatic heterocycles. The van der Waals surface area contributed by atoms with Crippen molar-refractivity contribution >= 4 is 0 Å². The lowest BCUT2D eigenvalue weighted by Crippen LogP contribution is -2.27. The van der Waals surface area contributed by atoms with Crippen LogP contribution in [0.2, 0.25) is 0 Å². The average Bonchev–Trinajstić information content (AvgIpc) is 3.38. The van der Waals surface area contributed by atoms with Crippen LogP contribution in [0.5, 0.6) is 0 Å². The first kappa shape index (κ1) is 32.0. The Labute approximate surface area is 241 Å². The van der Waals surface area contributed by atoms with E-state index >= 15 is 0 Å². The summed E-state index contributed by atoms with van der Waals surface area (Å²) < 4.78 is 6.51. The minimum atomic E-state index is 0.000401. The van der Waals surface area contributed by atoms with E-state index in [1.54, 1.807) is 0 Å². The van der Waals surface area contributed by atoms with Crippen molar-refractivity contribution in [2.75, 3.05) is 13.2 Å². The van der Waals surface area contributed by atoms with E-state index in [-0.39, 0.29) is 32.5 Å². The molecule has 2 unspecified atom stereocenters. The molecule has 0 radical (unpaired) electrons. The minimum absolute atomic E-state index is 0.000401. The fourth-order valence-electron chi connectivity index (χ4n) is 6.76. The molecule has 0 aromatic carbocycles. The van der Waals surface area contributed by atoms with Crippen molar-refractivity contribution in [3.8, 4) is 0 Å². The number of nitrogens with one attached hydrogen (secondary N) is 2. The van der Waals surface area contributed by atoms with Gasteiger partial charge >= 0.3 is 0 Å². The molecule has 3 nitrogen and oxygen atoms in total. The third-order valence-electron chi connectivity index (χ3n) is 8.40. The van der Waals surface area contributed by atoms with Gasteiger partial charge in [0.2, 0.25) is 0 Å². The van der Waals surface area contributed by atoms with Gasteiger partial charge in [0.25, 0.3) is 0 Å². The molecule has 3 heterocycles. The molecule has 3 rings (SSSR count). The van der Waals surface area contributed by atoms with Crippen molar-refractivity contribution in [1.82, 2.24) is 9.97 Å². The van der Waals surface area contributed by atoms with E-state index in [4.69, 9.17) is 4.74 Å². The summed E-state index contributed by atoms with van der Waals surface area (Å²) in [4.78, 5) is 8.08. The third-order valence-corrected chi connectivity index (χ3v) is 8.40. The number of aromatic amines is 2. The molecule has 1 aliphatic rings. The number of aromatic nitrogens is 2. The molecule has 1 saturated heterocycles. The van der Waals surface area contributed by atoms with Gasteiger partial charge < -0.3 is 14.7 Å².